The number of nitrogens with one attached hydrogen (secondary N) is 2. The highest BCUT2D eigenvalue weighted by Gasteiger charge is 2.35. The summed E-state index contributed by atoms with van der Waals surface area (Å²) < 4.78 is 2.18. The smallest absolute Gasteiger partial charge is 0.110 e. The monoisotopic (exact) mass is 410 g/mol. The van der Waals surface area contributed by atoms with Crippen LogP contribution in [0.25, 0.3) is 5.69 Å². The molecule has 4 rings (SSSR count). The molecule has 1 saturated carbocycles. The summed E-state index contributed by atoms with van der Waals surface area (Å²) in [6.07, 6.45) is 12.1. The first-order valence-corrected chi connectivity index (χ1v) is 9.78. The molecule has 2 N–H and O–H groups in total. The summed E-state index contributed by atoms with van der Waals surface area (Å²) in [7, 11) is 0. The van der Waals surface area contributed by atoms with Crippen LogP contribution in [0.3, 0.4) is 0 Å². The van der Waals surface area contributed by atoms with Crippen molar-refractivity contribution in [2.45, 2.75) is 58.0 Å². The minimum absolute atomic E-state index is 0. The second kappa shape index (κ2) is 9.92. The average molecular weight is 411 g/mol. The number of hydrogen-bond donors (Lipinski definition) is 2. The molecule has 2 aliphatic rings. The van der Waals surface area contributed by atoms with E-state index in [0.29, 0.717) is 11.5 Å². The second-order valence-electron chi connectivity index (χ2n) is 7.88. The number of aryl methyl sites for hydroxylation is 1. The first kappa shape index (κ1) is 22.2. The highest BCUT2D eigenvalue weighted by atomic mass is 35.5. The molecule has 0 amide bonds. The van der Waals surface area contributed by atoms with Crippen LogP contribution in [0.4, 0.5) is 0 Å². The van der Waals surface area contributed by atoms with E-state index >= 15 is 0 Å². The van der Waals surface area contributed by atoms with Crippen molar-refractivity contribution in [3.8, 4) is 5.69 Å². The van der Waals surface area contributed by atoms with Crippen molar-refractivity contribution in [2.75, 3.05) is 13.1 Å². The molecule has 1 spiro atoms. The first-order chi connectivity index (χ1) is 12.3. The van der Waals surface area contributed by atoms with Gasteiger partial charge in [0.25, 0.3) is 0 Å². The highest BCUT2D eigenvalue weighted by molar-refractivity contribution is 5.85. The number of halogens is 2. The number of benzene rings is 1. The summed E-state index contributed by atoms with van der Waals surface area (Å²) in [6.45, 7) is 5.43. The van der Waals surface area contributed by atoms with Gasteiger partial charge in [-0.15, -0.1) is 24.8 Å². The molecule has 0 unspecified atom stereocenters. The van der Waals surface area contributed by atoms with E-state index in [1.807, 2.05) is 6.20 Å². The van der Waals surface area contributed by atoms with Crippen LogP contribution in [0.2, 0.25) is 0 Å². The van der Waals surface area contributed by atoms with E-state index in [0.717, 1.165) is 12.4 Å². The van der Waals surface area contributed by atoms with E-state index in [1.54, 1.807) is 0 Å². The molecule has 0 bridgehead atoms. The third-order valence-corrected chi connectivity index (χ3v) is 6.37. The van der Waals surface area contributed by atoms with Crippen LogP contribution >= 0.6 is 24.8 Å². The fourth-order valence-electron chi connectivity index (χ4n) is 4.67. The normalized spacial score (nSPS) is 19.3. The molecule has 6 heteroatoms. The Balaban J connectivity index is 0.00000131. The lowest BCUT2D eigenvalue weighted by Gasteiger charge is -2.43. The van der Waals surface area contributed by atoms with Gasteiger partial charge in [-0.1, -0.05) is 18.2 Å². The van der Waals surface area contributed by atoms with Crippen LogP contribution in [0.1, 0.15) is 49.9 Å². The molecular weight excluding hydrogens is 379 g/mol. The van der Waals surface area contributed by atoms with Gasteiger partial charge < -0.3 is 15.2 Å². The van der Waals surface area contributed by atoms with Gasteiger partial charge in [0.05, 0.1) is 5.69 Å². The maximum Gasteiger partial charge on any atom is 0.110 e. The number of hydrogen-bond acceptors (Lipinski definition) is 3. The van der Waals surface area contributed by atoms with Crippen molar-refractivity contribution in [1.29, 1.82) is 0 Å². The van der Waals surface area contributed by atoms with Gasteiger partial charge in [-0.25, -0.2) is 4.98 Å². The van der Waals surface area contributed by atoms with Crippen LogP contribution in [-0.4, -0.2) is 28.7 Å². The fraction of sp³-hybridized carbons (Fsp3) is 0.571. The molecule has 1 aromatic heterocycles. The molecule has 2 heterocycles. The van der Waals surface area contributed by atoms with Gasteiger partial charge in [-0.2, -0.15) is 0 Å². The van der Waals surface area contributed by atoms with Crippen molar-refractivity contribution < 1.29 is 0 Å². The summed E-state index contributed by atoms with van der Waals surface area (Å²) in [4.78, 5) is 4.37. The minimum atomic E-state index is 0. The molecule has 0 radical (unpaired) electrons. The molecule has 1 aromatic carbocycles. The Morgan fingerprint density at radius 2 is 1.81 bits per heavy atom. The largest absolute Gasteiger partial charge is 0.317 e. The molecule has 1 aliphatic heterocycles. The fourth-order valence-corrected chi connectivity index (χ4v) is 4.67. The van der Waals surface area contributed by atoms with E-state index in [4.69, 9.17) is 0 Å². The molecule has 4 nitrogen and oxygen atoms in total. The van der Waals surface area contributed by atoms with Crippen LogP contribution in [-0.2, 0) is 6.54 Å². The quantitative estimate of drug-likeness (QED) is 0.783. The van der Waals surface area contributed by atoms with Crippen molar-refractivity contribution in [3.63, 3.8) is 0 Å². The van der Waals surface area contributed by atoms with E-state index in [-0.39, 0.29) is 24.8 Å². The zero-order chi connectivity index (χ0) is 17.1. The Morgan fingerprint density at radius 1 is 1.11 bits per heavy atom. The number of imidazole rings is 1. The van der Waals surface area contributed by atoms with Gasteiger partial charge >= 0.3 is 0 Å². The number of para-hydroxylation sites is 1. The lowest BCUT2D eigenvalue weighted by atomic mass is 9.67. The zero-order valence-electron chi connectivity index (χ0n) is 16.1. The summed E-state index contributed by atoms with van der Waals surface area (Å²) in [5.74, 6) is 1.04. The van der Waals surface area contributed by atoms with Crippen molar-refractivity contribution >= 4 is 24.8 Å². The lowest BCUT2D eigenvalue weighted by molar-refractivity contribution is 0.115. The summed E-state index contributed by atoms with van der Waals surface area (Å²) >= 11 is 0. The van der Waals surface area contributed by atoms with E-state index in [9.17, 15) is 0 Å². The highest BCUT2D eigenvalue weighted by Crippen LogP contribution is 2.43. The molecule has 2 fully saturated rings. The van der Waals surface area contributed by atoms with Crippen LogP contribution in [0, 0.1) is 12.3 Å². The van der Waals surface area contributed by atoms with Gasteiger partial charge in [0.15, 0.2) is 0 Å². The third-order valence-electron chi connectivity index (χ3n) is 6.37. The first-order valence-electron chi connectivity index (χ1n) is 9.78. The maximum atomic E-state index is 4.37. The number of aromatic nitrogens is 2. The SMILES string of the molecule is Cc1nccn1-c1ccccc1CNC1CCC2(CCNCC2)CC1.Cl.Cl. The molecule has 27 heavy (non-hydrogen) atoms. The van der Waals surface area contributed by atoms with Crippen molar-refractivity contribution in [2.24, 2.45) is 5.41 Å². The predicted molar refractivity (Wildman–Crippen MR) is 116 cm³/mol. The van der Waals surface area contributed by atoms with Crippen LogP contribution in [0.15, 0.2) is 36.7 Å². The van der Waals surface area contributed by atoms with Crippen LogP contribution < -0.4 is 10.6 Å². The van der Waals surface area contributed by atoms with E-state index in [1.165, 1.54) is 62.9 Å². The van der Waals surface area contributed by atoms with Gasteiger partial charge in [-0.3, -0.25) is 0 Å². The molecule has 2 aromatic rings. The van der Waals surface area contributed by atoms with Crippen LogP contribution in [0.5, 0.6) is 0 Å². The van der Waals surface area contributed by atoms with E-state index in [2.05, 4.69) is 57.6 Å². The Kier molecular flexibility index (Phi) is 8.17. The topological polar surface area (TPSA) is 41.9 Å². The van der Waals surface area contributed by atoms with Crippen molar-refractivity contribution in [3.05, 3.63) is 48.0 Å². The molecule has 1 aliphatic carbocycles. The number of rotatable bonds is 4. The molecular formula is C21H32Cl2N4. The van der Waals surface area contributed by atoms with Gasteiger partial charge in [0.2, 0.25) is 0 Å². The Bertz CT molecular complexity index is 700. The van der Waals surface area contributed by atoms with E-state index < -0.39 is 0 Å². The summed E-state index contributed by atoms with van der Waals surface area (Å²) in [5.41, 5.74) is 3.25. The number of nitrogens with zero attached hydrogens (tertiary/aromatic N) is 2. The lowest BCUT2D eigenvalue weighted by Crippen LogP contribution is -2.43. The Morgan fingerprint density at radius 3 is 2.48 bits per heavy atom. The predicted octanol–water partition coefficient (Wildman–Crippen LogP) is 4.43. The van der Waals surface area contributed by atoms with Gasteiger partial charge in [-0.05, 0) is 75.6 Å². The molecule has 150 valence electrons. The Labute approximate surface area is 175 Å². The summed E-state index contributed by atoms with van der Waals surface area (Å²) in [5, 5.41) is 7.35. The molecule has 1 saturated heterocycles. The maximum absolute atomic E-state index is 4.37. The summed E-state index contributed by atoms with van der Waals surface area (Å²) in [6, 6.07) is 9.34. The van der Waals surface area contributed by atoms with Gasteiger partial charge in [0.1, 0.15) is 5.82 Å². The standard InChI is InChI=1S/C21H30N4.2ClH/c1-17-23-14-15-25(17)20-5-3-2-4-18(20)16-24-19-6-8-21(9-7-19)10-12-22-13-11-21;;/h2-5,14-15,19,22,24H,6-13,16H2,1H3;2*1H. The average Bonchev–Trinajstić information content (AvgIpc) is 3.08. The third kappa shape index (κ3) is 5.05. The van der Waals surface area contributed by atoms with Crippen molar-refractivity contribution in [1.82, 2.24) is 20.2 Å². The zero-order valence-corrected chi connectivity index (χ0v) is 17.7. The second-order valence-corrected chi connectivity index (χ2v) is 7.88. The Hall–Kier alpha value is -1.07. The van der Waals surface area contributed by atoms with Gasteiger partial charge in [0, 0.05) is 25.0 Å². The minimum Gasteiger partial charge on any atom is -0.317 e. The molecule has 0 atom stereocenters. The number of piperidine rings is 1.